The molecule has 0 aliphatic carbocycles. The monoisotopic (exact) mass is 439 g/mol. The average Bonchev–Trinajstić information content (AvgIpc) is 3.11. The van der Waals surface area contributed by atoms with Crippen LogP contribution in [0.3, 0.4) is 0 Å². The summed E-state index contributed by atoms with van der Waals surface area (Å²) in [6.45, 7) is 23.0. The van der Waals surface area contributed by atoms with Crippen molar-refractivity contribution in [1.29, 1.82) is 0 Å². The van der Waals surface area contributed by atoms with E-state index in [0.29, 0.717) is 19.7 Å². The van der Waals surface area contributed by atoms with Crippen molar-refractivity contribution in [3.63, 3.8) is 0 Å². The number of amides is 1. The smallest absolute Gasteiger partial charge is 0.449 e. The number of rotatable bonds is 6. The van der Waals surface area contributed by atoms with E-state index in [1.165, 1.54) is 0 Å². The molecule has 0 spiro atoms. The standard InChI is InChI=1S/C22H42BNO5Si/c1-17(11-13-23-28-21(5,6)22(7,8)29-23)16-26-19(25)24-14-12-18(15-24)27-30(9,10)20(2,3)4/h11,13,17-18H,12,14-16H2,1-10H3. The molecule has 2 heterocycles. The average molecular weight is 439 g/mol. The van der Waals surface area contributed by atoms with Gasteiger partial charge >= 0.3 is 13.2 Å². The molecule has 2 atom stereocenters. The van der Waals surface area contributed by atoms with Gasteiger partial charge in [-0.1, -0.05) is 39.7 Å². The van der Waals surface area contributed by atoms with Crippen LogP contribution >= 0.6 is 0 Å². The normalized spacial score (nSPS) is 25.2. The maximum Gasteiger partial charge on any atom is 0.486 e. The van der Waals surface area contributed by atoms with Crippen LogP contribution < -0.4 is 0 Å². The first-order valence-electron chi connectivity index (χ1n) is 11.2. The minimum Gasteiger partial charge on any atom is -0.449 e. The van der Waals surface area contributed by atoms with E-state index in [2.05, 4.69) is 33.9 Å². The van der Waals surface area contributed by atoms with Gasteiger partial charge in [0.25, 0.3) is 0 Å². The quantitative estimate of drug-likeness (QED) is 0.543. The number of hydrogen-bond donors (Lipinski definition) is 0. The zero-order valence-corrected chi connectivity index (χ0v) is 21.7. The lowest BCUT2D eigenvalue weighted by Gasteiger charge is -2.38. The zero-order valence-electron chi connectivity index (χ0n) is 20.7. The Bertz CT molecular complexity index is 628. The molecule has 0 bridgehead atoms. The fraction of sp³-hybridized carbons (Fsp3) is 0.864. The van der Waals surface area contributed by atoms with Crippen LogP contribution in [0.4, 0.5) is 4.79 Å². The van der Waals surface area contributed by atoms with Crippen molar-refractivity contribution in [3.8, 4) is 0 Å². The van der Waals surface area contributed by atoms with Gasteiger partial charge in [-0.25, -0.2) is 4.79 Å². The molecule has 0 aromatic carbocycles. The third-order valence-corrected chi connectivity index (χ3v) is 11.5. The van der Waals surface area contributed by atoms with Gasteiger partial charge in [0.05, 0.1) is 23.9 Å². The van der Waals surface area contributed by atoms with E-state index in [4.69, 9.17) is 18.5 Å². The van der Waals surface area contributed by atoms with Crippen molar-refractivity contribution >= 4 is 21.5 Å². The predicted octanol–water partition coefficient (Wildman–Crippen LogP) is 5.04. The third kappa shape index (κ3) is 6.11. The Labute approximate surface area is 184 Å². The summed E-state index contributed by atoms with van der Waals surface area (Å²) in [6, 6.07) is 0. The number of likely N-dealkylation sites (tertiary alicyclic amines) is 1. The number of carbonyl (C=O) groups is 1. The summed E-state index contributed by atoms with van der Waals surface area (Å²) in [5.41, 5.74) is -0.701. The molecule has 2 rings (SSSR count). The van der Waals surface area contributed by atoms with Crippen molar-refractivity contribution in [2.45, 2.75) is 97.2 Å². The van der Waals surface area contributed by atoms with Crippen molar-refractivity contribution in [2.24, 2.45) is 5.92 Å². The van der Waals surface area contributed by atoms with Crippen LogP contribution in [0.5, 0.6) is 0 Å². The van der Waals surface area contributed by atoms with E-state index < -0.39 is 8.32 Å². The highest BCUT2D eigenvalue weighted by Crippen LogP contribution is 2.38. The topological polar surface area (TPSA) is 57.2 Å². The van der Waals surface area contributed by atoms with Crippen LogP contribution in [0.25, 0.3) is 0 Å². The minimum atomic E-state index is -1.83. The van der Waals surface area contributed by atoms with Gasteiger partial charge in [0.15, 0.2) is 8.32 Å². The van der Waals surface area contributed by atoms with E-state index in [1.54, 1.807) is 4.90 Å². The fourth-order valence-electron chi connectivity index (χ4n) is 3.18. The van der Waals surface area contributed by atoms with Gasteiger partial charge in [-0.05, 0) is 52.2 Å². The van der Waals surface area contributed by atoms with E-state index in [1.807, 2.05) is 46.7 Å². The number of nitrogens with zero attached hydrogens (tertiary/aromatic N) is 1. The summed E-state index contributed by atoms with van der Waals surface area (Å²) in [5.74, 6) is 1.99. The van der Waals surface area contributed by atoms with Crippen molar-refractivity contribution in [2.75, 3.05) is 19.7 Å². The molecule has 2 unspecified atom stereocenters. The largest absolute Gasteiger partial charge is 0.486 e. The zero-order chi connectivity index (χ0) is 23.0. The first kappa shape index (κ1) is 25.4. The fourth-order valence-corrected chi connectivity index (χ4v) is 4.56. The summed E-state index contributed by atoms with van der Waals surface area (Å²) in [5, 5.41) is 0.167. The highest BCUT2D eigenvalue weighted by molar-refractivity contribution is 6.74. The lowest BCUT2D eigenvalue weighted by atomic mass is 9.88. The molecule has 2 saturated heterocycles. The molecule has 2 aliphatic heterocycles. The van der Waals surface area contributed by atoms with Gasteiger partial charge in [-0.3, -0.25) is 0 Å². The van der Waals surface area contributed by atoms with Crippen molar-refractivity contribution < 1.29 is 23.3 Å². The Morgan fingerprint density at radius 1 is 1.23 bits per heavy atom. The highest BCUT2D eigenvalue weighted by atomic mass is 28.4. The lowest BCUT2D eigenvalue weighted by molar-refractivity contribution is 0.00578. The molecular formula is C22H42BNO5Si. The second-order valence-corrected chi connectivity index (χ2v) is 16.1. The van der Waals surface area contributed by atoms with E-state index in [-0.39, 0.29) is 41.5 Å². The van der Waals surface area contributed by atoms with Crippen molar-refractivity contribution in [1.82, 2.24) is 4.90 Å². The van der Waals surface area contributed by atoms with Gasteiger partial charge in [0, 0.05) is 19.0 Å². The van der Waals surface area contributed by atoms with Crippen LogP contribution in [-0.2, 0) is 18.5 Å². The maximum atomic E-state index is 12.5. The summed E-state index contributed by atoms with van der Waals surface area (Å²) < 4.78 is 23.9. The Hall–Kier alpha value is -0.828. The molecule has 0 radical (unpaired) electrons. The van der Waals surface area contributed by atoms with Gasteiger partial charge in [0.1, 0.15) is 0 Å². The molecule has 30 heavy (non-hydrogen) atoms. The number of hydrogen-bond acceptors (Lipinski definition) is 5. The summed E-state index contributed by atoms with van der Waals surface area (Å²) in [7, 11) is -2.20. The maximum absolute atomic E-state index is 12.5. The molecule has 0 N–H and O–H groups in total. The third-order valence-electron chi connectivity index (χ3n) is 7.01. The van der Waals surface area contributed by atoms with Gasteiger partial charge in [0.2, 0.25) is 0 Å². The van der Waals surface area contributed by atoms with Crippen LogP contribution in [0.15, 0.2) is 12.1 Å². The molecule has 6 nitrogen and oxygen atoms in total. The predicted molar refractivity (Wildman–Crippen MR) is 124 cm³/mol. The summed E-state index contributed by atoms with van der Waals surface area (Å²) in [6.07, 6.45) is 2.72. The molecular weight excluding hydrogens is 397 g/mol. The molecule has 172 valence electrons. The first-order valence-corrected chi connectivity index (χ1v) is 14.1. The summed E-state index contributed by atoms with van der Waals surface area (Å²) in [4.78, 5) is 14.2. The molecule has 8 heteroatoms. The molecule has 0 aromatic rings. The number of ether oxygens (including phenoxy) is 1. The second-order valence-electron chi connectivity index (χ2n) is 11.3. The van der Waals surface area contributed by atoms with Crippen molar-refractivity contribution in [3.05, 3.63) is 12.1 Å². The highest BCUT2D eigenvalue weighted by Gasteiger charge is 2.50. The van der Waals surface area contributed by atoms with Gasteiger partial charge in [-0.2, -0.15) is 0 Å². The van der Waals surface area contributed by atoms with E-state index in [0.717, 1.165) is 6.42 Å². The second kappa shape index (κ2) is 8.96. The van der Waals surface area contributed by atoms with Gasteiger partial charge < -0.3 is 23.4 Å². The van der Waals surface area contributed by atoms with Crippen LogP contribution in [0, 0.1) is 5.92 Å². The van der Waals surface area contributed by atoms with Gasteiger partial charge in [-0.15, -0.1) is 0 Å². The van der Waals surface area contributed by atoms with Crippen LogP contribution in [-0.4, -0.2) is 63.4 Å². The SMILES string of the molecule is CC(C=CB1OC(C)(C)C(C)(C)O1)COC(=O)N1CCC(O[Si](C)(C)C(C)(C)C)C1. The molecule has 2 fully saturated rings. The molecule has 1 amide bonds. The Morgan fingerprint density at radius 3 is 2.33 bits per heavy atom. The first-order chi connectivity index (χ1) is 13.5. The molecule has 2 aliphatic rings. The van der Waals surface area contributed by atoms with Crippen LogP contribution in [0.1, 0.15) is 61.8 Å². The molecule has 0 aromatic heterocycles. The minimum absolute atomic E-state index is 0.0786. The summed E-state index contributed by atoms with van der Waals surface area (Å²) >= 11 is 0. The molecule has 0 saturated carbocycles. The van der Waals surface area contributed by atoms with E-state index >= 15 is 0 Å². The Morgan fingerprint density at radius 2 is 1.80 bits per heavy atom. The van der Waals surface area contributed by atoms with Crippen LogP contribution in [0.2, 0.25) is 18.1 Å². The van der Waals surface area contributed by atoms with E-state index in [9.17, 15) is 4.79 Å². The Kier molecular flexibility index (Phi) is 7.60. The number of carbonyl (C=O) groups excluding carboxylic acids is 1. The lowest BCUT2D eigenvalue weighted by Crippen LogP contribution is -2.44. The Balaban J connectivity index is 1.76.